The molecule has 0 saturated carbocycles. The van der Waals surface area contributed by atoms with E-state index in [1.165, 1.54) is 25.7 Å². The zero-order valence-corrected chi connectivity index (χ0v) is 14.0. The van der Waals surface area contributed by atoms with Crippen LogP contribution in [0, 0.1) is 0 Å². The van der Waals surface area contributed by atoms with E-state index < -0.39 is 10.0 Å². The van der Waals surface area contributed by atoms with Gasteiger partial charge in [-0.3, -0.25) is 0 Å². The molecule has 0 bridgehead atoms. The van der Waals surface area contributed by atoms with E-state index in [1.807, 2.05) is 13.0 Å². The lowest BCUT2D eigenvalue weighted by Gasteiger charge is -2.10. The van der Waals surface area contributed by atoms with E-state index in [9.17, 15) is 8.42 Å². The number of hydrogen-bond acceptors (Lipinski definition) is 3. The van der Waals surface area contributed by atoms with Gasteiger partial charge >= 0.3 is 0 Å². The number of hydrogen-bond donors (Lipinski definition) is 2. The summed E-state index contributed by atoms with van der Waals surface area (Å²) in [6, 6.07) is 6.66. The maximum Gasteiger partial charge on any atom is 0.240 e. The summed E-state index contributed by atoms with van der Waals surface area (Å²) in [7, 11) is -3.42. The van der Waals surface area contributed by atoms with Crippen LogP contribution in [0.15, 0.2) is 29.2 Å². The van der Waals surface area contributed by atoms with Crippen molar-refractivity contribution in [1.29, 1.82) is 0 Å². The number of nitrogens with two attached hydrogens (primary N) is 1. The van der Waals surface area contributed by atoms with Gasteiger partial charge in [0.15, 0.2) is 0 Å². The highest BCUT2D eigenvalue weighted by Crippen LogP contribution is 2.16. The molecule has 0 fully saturated rings. The van der Waals surface area contributed by atoms with Gasteiger partial charge < -0.3 is 5.73 Å². The van der Waals surface area contributed by atoms with Crippen LogP contribution in [0.4, 0.5) is 0 Å². The maximum absolute atomic E-state index is 12.2. The molecule has 1 aromatic carbocycles. The second kappa shape index (κ2) is 9.18. The number of benzene rings is 1. The van der Waals surface area contributed by atoms with Crippen LogP contribution in [0.3, 0.4) is 0 Å². The average Bonchev–Trinajstić information content (AvgIpc) is 2.46. The molecule has 4 nitrogen and oxygen atoms in total. The van der Waals surface area contributed by atoms with Crippen molar-refractivity contribution in [3.63, 3.8) is 0 Å². The highest BCUT2D eigenvalue weighted by molar-refractivity contribution is 7.89. The van der Waals surface area contributed by atoms with Crippen molar-refractivity contribution in [2.24, 2.45) is 5.73 Å². The molecule has 0 aliphatic carbocycles. The van der Waals surface area contributed by atoms with Gasteiger partial charge in [0.1, 0.15) is 0 Å². The quantitative estimate of drug-likeness (QED) is 0.651. The minimum absolute atomic E-state index is 0.168. The minimum atomic E-state index is -3.42. The van der Waals surface area contributed by atoms with Crippen LogP contribution in [-0.4, -0.2) is 15.0 Å². The van der Waals surface area contributed by atoms with Gasteiger partial charge in [-0.05, 0) is 31.0 Å². The van der Waals surface area contributed by atoms with Gasteiger partial charge in [-0.15, -0.1) is 0 Å². The standard InChI is InChI=1S/C16H28N2O2S/c1-3-4-5-6-7-8-12-18-21(19,20)16-11-9-10-15(13-16)14(2)17/h9-11,13-14,18H,3-8,12,17H2,1-2H3. The molecule has 0 spiro atoms. The van der Waals surface area contributed by atoms with E-state index in [4.69, 9.17) is 5.73 Å². The first-order valence-corrected chi connectivity index (χ1v) is 9.31. The Labute approximate surface area is 129 Å². The summed E-state index contributed by atoms with van der Waals surface area (Å²) in [5, 5.41) is 0. The lowest BCUT2D eigenvalue weighted by Crippen LogP contribution is -2.25. The summed E-state index contributed by atoms with van der Waals surface area (Å²) in [5.41, 5.74) is 6.62. The lowest BCUT2D eigenvalue weighted by atomic mass is 10.1. The molecule has 0 saturated heterocycles. The summed E-state index contributed by atoms with van der Waals surface area (Å²) < 4.78 is 27.0. The van der Waals surface area contributed by atoms with Crippen LogP contribution < -0.4 is 10.5 Å². The third-order valence-corrected chi connectivity index (χ3v) is 4.98. The molecular weight excluding hydrogens is 284 g/mol. The fourth-order valence-electron chi connectivity index (χ4n) is 2.16. The molecule has 1 unspecified atom stereocenters. The molecule has 1 aromatic rings. The van der Waals surface area contributed by atoms with Crippen LogP contribution in [-0.2, 0) is 10.0 Å². The van der Waals surface area contributed by atoms with Gasteiger partial charge in [0, 0.05) is 12.6 Å². The molecule has 0 aliphatic rings. The van der Waals surface area contributed by atoms with Crippen LogP contribution in [0.5, 0.6) is 0 Å². The fraction of sp³-hybridized carbons (Fsp3) is 0.625. The first-order valence-electron chi connectivity index (χ1n) is 7.82. The van der Waals surface area contributed by atoms with Crippen LogP contribution in [0.25, 0.3) is 0 Å². The van der Waals surface area contributed by atoms with E-state index in [1.54, 1.807) is 18.2 Å². The Morgan fingerprint density at radius 1 is 1.14 bits per heavy atom. The van der Waals surface area contributed by atoms with Crippen molar-refractivity contribution in [2.75, 3.05) is 6.54 Å². The molecule has 0 aromatic heterocycles. The van der Waals surface area contributed by atoms with Gasteiger partial charge in [-0.2, -0.15) is 0 Å². The molecule has 0 aliphatic heterocycles. The first kappa shape index (κ1) is 18.1. The monoisotopic (exact) mass is 312 g/mol. The van der Waals surface area contributed by atoms with E-state index in [-0.39, 0.29) is 6.04 Å². The second-order valence-electron chi connectivity index (χ2n) is 5.53. The normalized spacial score (nSPS) is 13.3. The minimum Gasteiger partial charge on any atom is -0.324 e. The lowest BCUT2D eigenvalue weighted by molar-refractivity contribution is 0.567. The second-order valence-corrected chi connectivity index (χ2v) is 7.29. The van der Waals surface area contributed by atoms with Crippen molar-refractivity contribution in [1.82, 2.24) is 4.72 Å². The van der Waals surface area contributed by atoms with Gasteiger partial charge in [0.2, 0.25) is 10.0 Å². The molecule has 0 heterocycles. The average molecular weight is 312 g/mol. The van der Waals surface area contributed by atoms with Crippen LogP contribution >= 0.6 is 0 Å². The highest BCUT2D eigenvalue weighted by atomic mass is 32.2. The van der Waals surface area contributed by atoms with E-state index in [2.05, 4.69) is 11.6 Å². The third kappa shape index (κ3) is 6.59. The molecule has 21 heavy (non-hydrogen) atoms. The van der Waals surface area contributed by atoms with Gasteiger partial charge in [-0.1, -0.05) is 51.2 Å². The van der Waals surface area contributed by atoms with E-state index in [0.29, 0.717) is 11.4 Å². The van der Waals surface area contributed by atoms with Crippen molar-refractivity contribution in [2.45, 2.75) is 63.3 Å². The zero-order chi connectivity index (χ0) is 15.7. The largest absolute Gasteiger partial charge is 0.324 e. The van der Waals surface area contributed by atoms with E-state index >= 15 is 0 Å². The Bertz CT molecular complexity index is 513. The molecule has 0 radical (unpaired) electrons. The van der Waals surface area contributed by atoms with Gasteiger partial charge in [-0.25, -0.2) is 13.1 Å². The molecule has 3 N–H and O–H groups in total. The third-order valence-electron chi connectivity index (χ3n) is 3.52. The summed E-state index contributed by atoms with van der Waals surface area (Å²) in [5.74, 6) is 0. The van der Waals surface area contributed by atoms with Gasteiger partial charge in [0.25, 0.3) is 0 Å². The Morgan fingerprint density at radius 2 is 1.81 bits per heavy atom. The molecule has 0 amide bonds. The Hall–Kier alpha value is -0.910. The number of rotatable bonds is 10. The highest BCUT2D eigenvalue weighted by Gasteiger charge is 2.14. The Morgan fingerprint density at radius 3 is 2.48 bits per heavy atom. The fourth-order valence-corrected chi connectivity index (χ4v) is 3.29. The Kier molecular flexibility index (Phi) is 7.93. The van der Waals surface area contributed by atoms with Crippen molar-refractivity contribution in [3.05, 3.63) is 29.8 Å². The van der Waals surface area contributed by atoms with Gasteiger partial charge in [0.05, 0.1) is 4.90 Å². The predicted octanol–water partition coefficient (Wildman–Crippen LogP) is 3.35. The smallest absolute Gasteiger partial charge is 0.240 e. The number of sulfonamides is 1. The Balaban J connectivity index is 2.45. The first-order chi connectivity index (χ1) is 9.97. The van der Waals surface area contributed by atoms with Crippen LogP contribution in [0.2, 0.25) is 0 Å². The maximum atomic E-state index is 12.2. The summed E-state index contributed by atoms with van der Waals surface area (Å²) in [4.78, 5) is 0.295. The molecule has 120 valence electrons. The summed E-state index contributed by atoms with van der Waals surface area (Å²) in [6.07, 6.45) is 6.85. The summed E-state index contributed by atoms with van der Waals surface area (Å²) >= 11 is 0. The topological polar surface area (TPSA) is 72.2 Å². The summed E-state index contributed by atoms with van der Waals surface area (Å²) in [6.45, 7) is 4.52. The predicted molar refractivity (Wildman–Crippen MR) is 87.6 cm³/mol. The number of nitrogens with one attached hydrogen (secondary N) is 1. The van der Waals surface area contributed by atoms with Crippen molar-refractivity contribution in [3.8, 4) is 0 Å². The SMILES string of the molecule is CCCCCCCCNS(=O)(=O)c1cccc(C(C)N)c1. The molecule has 1 rings (SSSR count). The molecular formula is C16H28N2O2S. The van der Waals surface area contributed by atoms with E-state index in [0.717, 1.165) is 18.4 Å². The molecule has 1 atom stereocenters. The van der Waals surface area contributed by atoms with Crippen LogP contribution in [0.1, 0.15) is 64.0 Å². The zero-order valence-electron chi connectivity index (χ0n) is 13.1. The van der Waals surface area contributed by atoms with Crippen molar-refractivity contribution < 1.29 is 8.42 Å². The van der Waals surface area contributed by atoms with Crippen molar-refractivity contribution >= 4 is 10.0 Å². The number of unbranched alkanes of at least 4 members (excludes halogenated alkanes) is 5. The molecule has 5 heteroatoms.